The third kappa shape index (κ3) is 5.57. The van der Waals surface area contributed by atoms with Gasteiger partial charge in [-0.25, -0.2) is 19.2 Å². The van der Waals surface area contributed by atoms with Gasteiger partial charge >= 0.3 is 18.2 Å². The van der Waals surface area contributed by atoms with E-state index in [-0.39, 0.29) is 24.3 Å². The minimum atomic E-state index is -3.73. The fraction of sp³-hybridized carbons (Fsp3) is 0.394. The molecule has 2 atom stereocenters. The second-order valence-electron chi connectivity index (χ2n) is 11.8. The number of piperidine rings is 1. The van der Waals surface area contributed by atoms with Crippen LogP contribution in [-0.2, 0) is 20.9 Å². The lowest BCUT2D eigenvalue weighted by molar-refractivity contribution is -0.215. The lowest BCUT2D eigenvalue weighted by Gasteiger charge is -2.31. The second-order valence-corrected chi connectivity index (χ2v) is 11.8. The van der Waals surface area contributed by atoms with Crippen molar-refractivity contribution in [1.29, 1.82) is 0 Å². The molecule has 2 aromatic carbocycles. The number of nitrogens with zero attached hydrogens (tertiary/aromatic N) is 4. The Morgan fingerprint density at radius 1 is 1.04 bits per heavy atom. The van der Waals surface area contributed by atoms with E-state index in [1.54, 1.807) is 17.0 Å². The Bertz CT molecular complexity index is 1670. The molecule has 7 rings (SSSR count). The van der Waals surface area contributed by atoms with Crippen LogP contribution in [0.1, 0.15) is 54.2 Å². The molecule has 1 amide bonds. The number of aromatic nitrogens is 1. The molecule has 2 unspecified atom stereocenters. The number of amides is 1. The summed E-state index contributed by atoms with van der Waals surface area (Å²) in [6, 6.07) is 13.7. The number of carbonyl (C=O) groups is 2. The average Bonchev–Trinajstić information content (AvgIpc) is 3.74. The Morgan fingerprint density at radius 3 is 2.60 bits per heavy atom. The third-order valence-corrected chi connectivity index (χ3v) is 8.97. The van der Waals surface area contributed by atoms with Crippen LogP contribution in [0.4, 0.5) is 23.8 Å². The third-order valence-electron chi connectivity index (χ3n) is 8.97. The number of anilines is 1. The number of ether oxygens (including phenoxy) is 3. The van der Waals surface area contributed by atoms with Crippen LogP contribution in [0, 0.1) is 11.7 Å². The van der Waals surface area contributed by atoms with Gasteiger partial charge in [0.1, 0.15) is 29.9 Å². The minimum absolute atomic E-state index is 0.0912. The lowest BCUT2D eigenvalue weighted by Crippen LogP contribution is -2.43. The molecule has 2 saturated heterocycles. The normalized spacial score (nSPS) is 22.4. The molecule has 0 bridgehead atoms. The fourth-order valence-electron chi connectivity index (χ4n) is 6.44. The first kappa shape index (κ1) is 29.1. The van der Waals surface area contributed by atoms with E-state index in [2.05, 4.69) is 33.0 Å². The summed E-state index contributed by atoms with van der Waals surface area (Å²) in [5.74, 6) is -1.59. The van der Waals surface area contributed by atoms with E-state index in [1.165, 1.54) is 42.5 Å². The van der Waals surface area contributed by atoms with Crippen LogP contribution in [0.2, 0.25) is 0 Å². The number of rotatable bonds is 7. The number of hydrazone groups is 1. The van der Waals surface area contributed by atoms with E-state index >= 15 is 0 Å². The number of methoxy groups -OCH3 is 1. The molecule has 1 aromatic heterocycles. The van der Waals surface area contributed by atoms with Gasteiger partial charge in [-0.3, -0.25) is 4.79 Å². The Hall–Kier alpha value is -4.61. The standard InChI is InChI=1S/C33H31F3N4O5/c1-43-32(42)39-13-11-19(12-14-39)21-7-8-22(25(15-21)20-5-6-20)18-44-28-16-23(34)9-10-24(28)27-3-2-4-29(38-27)40-30-26(17-37-40)31(41)45-33(30,35)36/h2-4,7-10,15-17,19-20,26,30H,5-6,11-14,18H2,1H3. The van der Waals surface area contributed by atoms with Crippen LogP contribution in [0.3, 0.4) is 0 Å². The molecule has 4 heterocycles. The summed E-state index contributed by atoms with van der Waals surface area (Å²) in [5, 5.41) is 5.01. The molecule has 3 aromatic rings. The largest absolute Gasteiger partial charge is 0.488 e. The maximum Gasteiger partial charge on any atom is 0.424 e. The molecular formula is C33H31F3N4O5. The summed E-state index contributed by atoms with van der Waals surface area (Å²) in [7, 11) is 1.40. The smallest absolute Gasteiger partial charge is 0.424 e. The minimum Gasteiger partial charge on any atom is -0.488 e. The number of alkyl halides is 2. The summed E-state index contributed by atoms with van der Waals surface area (Å²) in [6.07, 6.45) is 1.03. The van der Waals surface area contributed by atoms with Crippen LogP contribution in [0.25, 0.3) is 11.3 Å². The van der Waals surface area contributed by atoms with Crippen LogP contribution in [-0.4, -0.2) is 60.5 Å². The zero-order valence-corrected chi connectivity index (χ0v) is 24.5. The zero-order valence-electron chi connectivity index (χ0n) is 24.5. The van der Waals surface area contributed by atoms with Crippen molar-refractivity contribution in [3.05, 3.63) is 77.1 Å². The van der Waals surface area contributed by atoms with Gasteiger partial charge in [-0.05, 0) is 78.5 Å². The van der Waals surface area contributed by atoms with Gasteiger partial charge < -0.3 is 19.1 Å². The first-order valence-corrected chi connectivity index (χ1v) is 15.0. The van der Waals surface area contributed by atoms with Gasteiger partial charge in [-0.2, -0.15) is 13.9 Å². The number of esters is 1. The zero-order chi connectivity index (χ0) is 31.3. The predicted molar refractivity (Wildman–Crippen MR) is 158 cm³/mol. The van der Waals surface area contributed by atoms with E-state index < -0.39 is 29.9 Å². The molecule has 0 N–H and O–H groups in total. The summed E-state index contributed by atoms with van der Waals surface area (Å²) < 4.78 is 58.8. The van der Waals surface area contributed by atoms with E-state index in [4.69, 9.17) is 9.47 Å². The predicted octanol–water partition coefficient (Wildman–Crippen LogP) is 6.23. The summed E-state index contributed by atoms with van der Waals surface area (Å²) in [4.78, 5) is 30.1. The molecule has 3 aliphatic heterocycles. The maximum absolute atomic E-state index is 14.5. The number of cyclic esters (lactones) is 1. The van der Waals surface area contributed by atoms with Crippen LogP contribution < -0.4 is 9.75 Å². The van der Waals surface area contributed by atoms with Crippen molar-refractivity contribution in [2.75, 3.05) is 25.2 Å². The highest BCUT2D eigenvalue weighted by Gasteiger charge is 2.63. The molecular weight excluding hydrogens is 589 g/mol. The second kappa shape index (κ2) is 11.4. The molecule has 12 heteroatoms. The summed E-state index contributed by atoms with van der Waals surface area (Å²) >= 11 is 0. The number of halogens is 3. The van der Waals surface area contributed by atoms with Crippen molar-refractivity contribution >= 4 is 24.1 Å². The van der Waals surface area contributed by atoms with Gasteiger partial charge in [0.05, 0.1) is 12.8 Å². The van der Waals surface area contributed by atoms with Gasteiger partial charge in [0, 0.05) is 30.9 Å². The van der Waals surface area contributed by atoms with E-state index in [0.29, 0.717) is 36.2 Å². The van der Waals surface area contributed by atoms with Crippen molar-refractivity contribution in [2.45, 2.75) is 56.3 Å². The van der Waals surface area contributed by atoms with Crippen molar-refractivity contribution in [3.63, 3.8) is 0 Å². The molecule has 0 radical (unpaired) electrons. The van der Waals surface area contributed by atoms with Gasteiger partial charge in [-0.1, -0.05) is 24.3 Å². The van der Waals surface area contributed by atoms with Crippen molar-refractivity contribution in [2.24, 2.45) is 11.0 Å². The highest BCUT2D eigenvalue weighted by Crippen LogP contribution is 2.45. The molecule has 1 saturated carbocycles. The van der Waals surface area contributed by atoms with Crippen LogP contribution >= 0.6 is 0 Å². The van der Waals surface area contributed by atoms with Crippen molar-refractivity contribution in [1.82, 2.24) is 9.88 Å². The SMILES string of the molecule is COC(=O)N1CCC(c2ccc(COc3cc(F)ccc3-c3cccc(N4N=CC5C(=O)OC(F)(F)C54)n3)c(C3CC3)c2)CC1. The Labute approximate surface area is 257 Å². The molecule has 45 heavy (non-hydrogen) atoms. The number of pyridine rings is 1. The monoisotopic (exact) mass is 620 g/mol. The van der Waals surface area contributed by atoms with E-state index in [0.717, 1.165) is 42.5 Å². The maximum atomic E-state index is 14.5. The average molecular weight is 621 g/mol. The Morgan fingerprint density at radius 2 is 1.84 bits per heavy atom. The van der Waals surface area contributed by atoms with Crippen molar-refractivity contribution in [3.8, 4) is 17.0 Å². The van der Waals surface area contributed by atoms with Crippen LogP contribution in [0.5, 0.6) is 5.75 Å². The van der Waals surface area contributed by atoms with Crippen molar-refractivity contribution < 1.29 is 37.0 Å². The topological polar surface area (TPSA) is 93.6 Å². The van der Waals surface area contributed by atoms with Gasteiger partial charge in [0.2, 0.25) is 0 Å². The van der Waals surface area contributed by atoms with Gasteiger partial charge in [0.25, 0.3) is 0 Å². The number of hydrogen-bond acceptors (Lipinski definition) is 8. The number of carbonyl (C=O) groups excluding carboxylic acids is 2. The fourth-order valence-corrected chi connectivity index (χ4v) is 6.44. The number of fused-ring (bicyclic) bond motifs is 1. The Balaban J connectivity index is 1.11. The van der Waals surface area contributed by atoms with E-state index in [1.807, 2.05) is 0 Å². The number of likely N-dealkylation sites (tertiary alicyclic amines) is 1. The molecule has 0 spiro atoms. The molecule has 234 valence electrons. The van der Waals surface area contributed by atoms with E-state index in [9.17, 15) is 22.8 Å². The molecule has 9 nitrogen and oxygen atoms in total. The quantitative estimate of drug-likeness (QED) is 0.289. The van der Waals surface area contributed by atoms with Gasteiger partial charge in [0.15, 0.2) is 6.04 Å². The highest BCUT2D eigenvalue weighted by atomic mass is 19.3. The first-order chi connectivity index (χ1) is 21.7. The van der Waals surface area contributed by atoms with Crippen LogP contribution in [0.15, 0.2) is 59.7 Å². The Kier molecular flexibility index (Phi) is 7.37. The molecule has 3 fully saturated rings. The summed E-state index contributed by atoms with van der Waals surface area (Å²) in [5.41, 5.74) is 4.31. The number of benzene rings is 2. The van der Waals surface area contributed by atoms with Gasteiger partial charge in [-0.15, -0.1) is 0 Å². The summed E-state index contributed by atoms with van der Waals surface area (Å²) in [6.45, 7) is 1.51. The number of hydrogen-bond donors (Lipinski definition) is 0. The molecule has 1 aliphatic carbocycles. The molecule has 4 aliphatic rings. The first-order valence-electron chi connectivity index (χ1n) is 15.0. The highest BCUT2D eigenvalue weighted by molar-refractivity contribution is 5.95. The lowest BCUT2D eigenvalue weighted by atomic mass is 9.87.